The van der Waals surface area contributed by atoms with E-state index in [0.29, 0.717) is 0 Å². The van der Waals surface area contributed by atoms with Crippen molar-refractivity contribution in [1.82, 2.24) is 5.32 Å². The molecule has 0 heterocycles. The monoisotopic (exact) mass is 359 g/mol. The SMILES string of the molecule is COC(=O)NC(C(Cl)(Cl)Cl)S(=O)(=O)c1ccc(C)cc1. The molecular weight excluding hydrogens is 349 g/mol. The van der Waals surface area contributed by atoms with Gasteiger partial charge < -0.3 is 10.1 Å². The number of amides is 1. The molecule has 0 aliphatic carbocycles. The fourth-order valence-corrected chi connectivity index (χ4v) is 3.98. The molecule has 0 aliphatic heterocycles. The summed E-state index contributed by atoms with van der Waals surface area (Å²) in [4.78, 5) is 11.2. The smallest absolute Gasteiger partial charge is 0.408 e. The number of carbonyl (C=O) groups excluding carboxylic acids is 1. The van der Waals surface area contributed by atoms with Crippen LogP contribution in [0.2, 0.25) is 0 Å². The van der Waals surface area contributed by atoms with Crippen molar-refractivity contribution < 1.29 is 17.9 Å². The number of methoxy groups -OCH3 is 1. The van der Waals surface area contributed by atoms with E-state index >= 15 is 0 Å². The van der Waals surface area contributed by atoms with Crippen LogP contribution in [-0.2, 0) is 14.6 Å². The quantitative estimate of drug-likeness (QED) is 0.841. The maximum absolute atomic E-state index is 12.4. The van der Waals surface area contributed by atoms with E-state index in [2.05, 4.69) is 4.74 Å². The molecule has 0 aromatic heterocycles. The first kappa shape index (κ1) is 17.4. The van der Waals surface area contributed by atoms with Gasteiger partial charge in [0.25, 0.3) is 0 Å². The number of hydrogen-bond acceptors (Lipinski definition) is 4. The van der Waals surface area contributed by atoms with Crippen molar-refractivity contribution in [1.29, 1.82) is 0 Å². The van der Waals surface area contributed by atoms with Gasteiger partial charge in [-0.1, -0.05) is 52.5 Å². The Hall–Kier alpha value is -0.690. The summed E-state index contributed by atoms with van der Waals surface area (Å²) in [5.74, 6) is 0. The largest absolute Gasteiger partial charge is 0.453 e. The van der Waals surface area contributed by atoms with Crippen molar-refractivity contribution >= 4 is 50.7 Å². The zero-order valence-corrected chi connectivity index (χ0v) is 13.6. The topological polar surface area (TPSA) is 72.5 Å². The van der Waals surface area contributed by atoms with E-state index in [1.807, 2.05) is 5.32 Å². The molecule has 1 rings (SSSR count). The van der Waals surface area contributed by atoms with Gasteiger partial charge in [-0.15, -0.1) is 0 Å². The standard InChI is InChI=1S/C11H12Cl3NO4S/c1-7-3-5-8(6-4-7)20(17,18)9(11(12,13)14)15-10(16)19-2/h3-6,9H,1-2H3,(H,15,16). The molecule has 9 heteroatoms. The van der Waals surface area contributed by atoms with E-state index in [0.717, 1.165) is 12.7 Å². The van der Waals surface area contributed by atoms with Crippen molar-refractivity contribution in [3.63, 3.8) is 0 Å². The van der Waals surface area contributed by atoms with Crippen molar-refractivity contribution in [2.45, 2.75) is 21.0 Å². The summed E-state index contributed by atoms with van der Waals surface area (Å²) in [6, 6.07) is 5.93. The fourth-order valence-electron chi connectivity index (χ4n) is 1.37. The molecular formula is C11H12Cl3NO4S. The molecule has 0 saturated heterocycles. The first-order chi connectivity index (χ1) is 9.09. The predicted molar refractivity (Wildman–Crippen MR) is 78.0 cm³/mol. The van der Waals surface area contributed by atoms with E-state index in [4.69, 9.17) is 34.8 Å². The van der Waals surface area contributed by atoms with Gasteiger partial charge in [-0.05, 0) is 19.1 Å². The van der Waals surface area contributed by atoms with E-state index < -0.39 is 25.1 Å². The lowest BCUT2D eigenvalue weighted by Gasteiger charge is -2.24. The summed E-state index contributed by atoms with van der Waals surface area (Å²) in [6.45, 7) is 1.80. The van der Waals surface area contributed by atoms with Gasteiger partial charge in [0.1, 0.15) is 0 Å². The minimum atomic E-state index is -4.09. The Bertz CT molecular complexity index is 581. The van der Waals surface area contributed by atoms with Gasteiger partial charge in [-0.3, -0.25) is 0 Å². The Kier molecular flexibility index (Phi) is 5.54. The Balaban J connectivity index is 3.24. The Morgan fingerprint density at radius 2 is 1.75 bits per heavy atom. The van der Waals surface area contributed by atoms with Crippen LogP contribution in [0.4, 0.5) is 4.79 Å². The second kappa shape index (κ2) is 6.39. The highest BCUT2D eigenvalue weighted by atomic mass is 35.6. The van der Waals surface area contributed by atoms with Crippen LogP contribution in [0.3, 0.4) is 0 Å². The number of hydrogen-bond donors (Lipinski definition) is 1. The number of benzene rings is 1. The van der Waals surface area contributed by atoms with Gasteiger partial charge in [0.2, 0.25) is 13.6 Å². The zero-order chi connectivity index (χ0) is 15.6. The van der Waals surface area contributed by atoms with Crippen molar-refractivity contribution in [2.24, 2.45) is 0 Å². The van der Waals surface area contributed by atoms with E-state index in [-0.39, 0.29) is 4.90 Å². The van der Waals surface area contributed by atoms with Gasteiger partial charge in [-0.2, -0.15) is 0 Å². The summed E-state index contributed by atoms with van der Waals surface area (Å²) in [5, 5.41) is 0.247. The highest BCUT2D eigenvalue weighted by Gasteiger charge is 2.44. The third-order valence-corrected chi connectivity index (χ3v) is 5.46. The first-order valence-corrected chi connectivity index (χ1v) is 7.99. The van der Waals surface area contributed by atoms with Gasteiger partial charge >= 0.3 is 6.09 Å². The number of alkyl halides is 3. The number of aryl methyl sites for hydroxylation is 1. The molecule has 112 valence electrons. The van der Waals surface area contributed by atoms with Crippen molar-refractivity contribution in [3.05, 3.63) is 29.8 Å². The molecule has 0 fully saturated rings. The molecule has 0 radical (unpaired) electrons. The molecule has 5 nitrogen and oxygen atoms in total. The normalized spacial score (nSPS) is 13.7. The van der Waals surface area contributed by atoms with Crippen LogP contribution in [0.1, 0.15) is 5.56 Å². The third-order valence-electron chi connectivity index (χ3n) is 2.39. The lowest BCUT2D eigenvalue weighted by molar-refractivity contribution is 0.169. The summed E-state index contributed by atoms with van der Waals surface area (Å²) in [7, 11) is -3.02. The van der Waals surface area contributed by atoms with Gasteiger partial charge in [-0.25, -0.2) is 13.2 Å². The lowest BCUT2D eigenvalue weighted by Crippen LogP contribution is -2.49. The second-order valence-corrected chi connectivity index (χ2v) is 8.32. The minimum Gasteiger partial charge on any atom is -0.453 e. The van der Waals surface area contributed by atoms with Crippen molar-refractivity contribution in [3.8, 4) is 0 Å². The Morgan fingerprint density at radius 3 is 2.15 bits per heavy atom. The van der Waals surface area contributed by atoms with Crippen LogP contribution >= 0.6 is 34.8 Å². The number of ether oxygens (including phenoxy) is 1. The Labute approximate surface area is 132 Å². The number of rotatable bonds is 3. The van der Waals surface area contributed by atoms with Gasteiger partial charge in [0.15, 0.2) is 5.37 Å². The lowest BCUT2D eigenvalue weighted by atomic mass is 10.2. The summed E-state index contributed by atoms with van der Waals surface area (Å²) in [6.07, 6.45) is -1.02. The average Bonchev–Trinajstić information content (AvgIpc) is 2.34. The molecule has 1 N–H and O–H groups in total. The third kappa shape index (κ3) is 4.15. The van der Waals surface area contributed by atoms with E-state index in [1.54, 1.807) is 19.1 Å². The summed E-state index contributed by atoms with van der Waals surface area (Å²) < 4.78 is 26.9. The van der Waals surface area contributed by atoms with Gasteiger partial charge in [0, 0.05) is 0 Å². The molecule has 1 unspecified atom stereocenters. The minimum absolute atomic E-state index is 0.0733. The van der Waals surface area contributed by atoms with Crippen LogP contribution in [0, 0.1) is 6.92 Å². The summed E-state index contributed by atoms with van der Waals surface area (Å²) in [5.41, 5.74) is 0.871. The first-order valence-electron chi connectivity index (χ1n) is 5.31. The van der Waals surface area contributed by atoms with Crippen LogP contribution in [-0.4, -0.2) is 30.8 Å². The summed E-state index contributed by atoms with van der Waals surface area (Å²) >= 11 is 16.9. The predicted octanol–water partition coefficient (Wildman–Crippen LogP) is 2.82. The molecule has 20 heavy (non-hydrogen) atoms. The van der Waals surface area contributed by atoms with Crippen molar-refractivity contribution in [2.75, 3.05) is 7.11 Å². The molecule has 0 aliphatic rings. The molecule has 0 bridgehead atoms. The molecule has 1 atom stereocenters. The van der Waals surface area contributed by atoms with Crippen LogP contribution < -0.4 is 5.32 Å². The number of alkyl carbamates (subject to hydrolysis) is 1. The fraction of sp³-hybridized carbons (Fsp3) is 0.364. The maximum atomic E-state index is 12.4. The van der Waals surface area contributed by atoms with Gasteiger partial charge in [0.05, 0.1) is 12.0 Å². The Morgan fingerprint density at radius 1 is 1.25 bits per heavy atom. The zero-order valence-electron chi connectivity index (χ0n) is 10.6. The molecule has 1 aromatic rings. The molecule has 1 aromatic carbocycles. The number of sulfone groups is 1. The highest BCUT2D eigenvalue weighted by Crippen LogP contribution is 2.35. The highest BCUT2D eigenvalue weighted by molar-refractivity contribution is 7.92. The number of halogens is 3. The maximum Gasteiger partial charge on any atom is 0.408 e. The number of nitrogens with one attached hydrogen (secondary N) is 1. The van der Waals surface area contributed by atoms with Crippen LogP contribution in [0.5, 0.6) is 0 Å². The molecule has 0 saturated carbocycles. The van der Waals surface area contributed by atoms with Crippen LogP contribution in [0.15, 0.2) is 29.2 Å². The number of carbonyl (C=O) groups is 1. The molecule has 0 spiro atoms. The molecule has 1 amide bonds. The van der Waals surface area contributed by atoms with E-state index in [1.165, 1.54) is 12.1 Å². The van der Waals surface area contributed by atoms with Crippen LogP contribution in [0.25, 0.3) is 0 Å². The van der Waals surface area contributed by atoms with E-state index in [9.17, 15) is 13.2 Å². The second-order valence-electron chi connectivity index (χ2n) is 3.92. The average molecular weight is 361 g/mol.